The van der Waals surface area contributed by atoms with Crippen molar-refractivity contribution in [3.63, 3.8) is 0 Å². The predicted octanol–water partition coefficient (Wildman–Crippen LogP) is 0.520. The van der Waals surface area contributed by atoms with Gasteiger partial charge in [0.15, 0.2) is 5.78 Å². The van der Waals surface area contributed by atoms with E-state index in [4.69, 9.17) is 5.11 Å². The summed E-state index contributed by atoms with van der Waals surface area (Å²) in [7, 11) is 3.72. The van der Waals surface area contributed by atoms with Crippen LogP contribution < -0.4 is 0 Å². The molecular weight excluding hydrogens is 192 g/mol. The first kappa shape index (κ1) is 11.9. The third-order valence-corrected chi connectivity index (χ3v) is 2.56. The summed E-state index contributed by atoms with van der Waals surface area (Å²) in [6.45, 7) is 2.29. The molecule has 0 aromatic carbocycles. The topological polar surface area (TPSA) is 45.5 Å². The summed E-state index contributed by atoms with van der Waals surface area (Å²) in [5.41, 5.74) is 0.717. The molecule has 15 heavy (non-hydrogen) atoms. The van der Waals surface area contributed by atoms with Crippen LogP contribution in [0.4, 0.5) is 0 Å². The maximum absolute atomic E-state index is 11.8. The Morgan fingerprint density at radius 1 is 1.67 bits per heavy atom. The molecule has 1 N–H and O–H groups in total. The molecule has 1 unspecified atom stereocenters. The van der Waals surface area contributed by atoms with Crippen LogP contribution in [-0.2, 0) is 7.05 Å². The zero-order valence-corrected chi connectivity index (χ0v) is 9.47. The van der Waals surface area contributed by atoms with E-state index in [2.05, 4.69) is 0 Å². The fourth-order valence-electron chi connectivity index (χ4n) is 1.28. The van der Waals surface area contributed by atoms with Gasteiger partial charge in [-0.1, -0.05) is 0 Å². The number of aryl methyl sites for hydroxylation is 1. The molecule has 0 bridgehead atoms. The summed E-state index contributed by atoms with van der Waals surface area (Å²) in [5.74, 6) is 0.0819. The Hall–Kier alpha value is -1.13. The van der Waals surface area contributed by atoms with E-state index in [9.17, 15) is 4.79 Å². The lowest BCUT2D eigenvalue weighted by Gasteiger charge is -2.21. The Morgan fingerprint density at radius 2 is 2.33 bits per heavy atom. The van der Waals surface area contributed by atoms with Crippen LogP contribution in [0.25, 0.3) is 0 Å². The van der Waals surface area contributed by atoms with Crippen molar-refractivity contribution >= 4 is 5.78 Å². The molecule has 0 amide bonds. The smallest absolute Gasteiger partial charge is 0.178 e. The van der Waals surface area contributed by atoms with Gasteiger partial charge >= 0.3 is 0 Å². The number of Topliss-reactive ketones (excluding diaryl/α,β-unsaturated/α-hetero) is 1. The van der Waals surface area contributed by atoms with Gasteiger partial charge in [-0.15, -0.1) is 0 Å². The van der Waals surface area contributed by atoms with E-state index in [1.807, 2.05) is 36.7 Å². The highest BCUT2D eigenvalue weighted by Crippen LogP contribution is 2.03. The number of rotatable bonds is 5. The average Bonchev–Trinajstić information content (AvgIpc) is 2.63. The molecule has 84 valence electrons. The summed E-state index contributed by atoms with van der Waals surface area (Å²) in [5, 5.41) is 8.94. The van der Waals surface area contributed by atoms with Crippen LogP contribution in [0.5, 0.6) is 0 Å². The first-order valence-electron chi connectivity index (χ1n) is 5.01. The van der Waals surface area contributed by atoms with Crippen LogP contribution in [0, 0.1) is 0 Å². The van der Waals surface area contributed by atoms with Gasteiger partial charge in [0.25, 0.3) is 0 Å². The monoisotopic (exact) mass is 210 g/mol. The third-order valence-electron chi connectivity index (χ3n) is 2.56. The first-order chi connectivity index (χ1) is 7.04. The molecular formula is C11H18N2O2. The standard InChI is InChI=1S/C11H18N2O2/c1-9(8-14)13(3)7-11(15)10-4-5-12(2)6-10/h4-6,9,14H,7-8H2,1-3H3. The second kappa shape index (κ2) is 5.09. The van der Waals surface area contributed by atoms with Crippen molar-refractivity contribution in [1.82, 2.24) is 9.47 Å². The van der Waals surface area contributed by atoms with Gasteiger partial charge in [0.05, 0.1) is 13.2 Å². The molecule has 0 aliphatic heterocycles. The Balaban J connectivity index is 2.56. The van der Waals surface area contributed by atoms with Crippen LogP contribution in [0.2, 0.25) is 0 Å². The van der Waals surface area contributed by atoms with E-state index in [1.165, 1.54) is 0 Å². The molecule has 1 aromatic heterocycles. The van der Waals surface area contributed by atoms with Gasteiger partial charge in [0.1, 0.15) is 0 Å². The maximum Gasteiger partial charge on any atom is 0.178 e. The van der Waals surface area contributed by atoms with E-state index in [0.717, 1.165) is 5.56 Å². The van der Waals surface area contributed by atoms with Gasteiger partial charge in [-0.05, 0) is 20.0 Å². The number of aromatic nitrogens is 1. The zero-order valence-electron chi connectivity index (χ0n) is 9.47. The largest absolute Gasteiger partial charge is 0.395 e. The molecule has 0 saturated heterocycles. The van der Waals surface area contributed by atoms with Crippen molar-refractivity contribution in [2.45, 2.75) is 13.0 Å². The van der Waals surface area contributed by atoms with Crippen LogP contribution in [0.3, 0.4) is 0 Å². The third kappa shape index (κ3) is 3.18. The molecule has 4 nitrogen and oxygen atoms in total. The summed E-state index contributed by atoms with van der Waals surface area (Å²) in [6, 6.07) is 1.82. The molecule has 1 aromatic rings. The van der Waals surface area contributed by atoms with E-state index in [-0.39, 0.29) is 18.4 Å². The van der Waals surface area contributed by atoms with E-state index >= 15 is 0 Å². The number of aliphatic hydroxyl groups excluding tert-OH is 1. The Kier molecular flexibility index (Phi) is 4.05. The van der Waals surface area contributed by atoms with E-state index < -0.39 is 0 Å². The van der Waals surface area contributed by atoms with E-state index in [1.54, 1.807) is 12.3 Å². The average molecular weight is 210 g/mol. The Bertz CT molecular complexity index is 333. The number of likely N-dealkylation sites (N-methyl/N-ethyl adjacent to an activating group) is 1. The molecule has 0 radical (unpaired) electrons. The Labute approximate surface area is 90.1 Å². The summed E-state index contributed by atoms with van der Waals surface area (Å²) in [4.78, 5) is 13.6. The number of hydrogen-bond acceptors (Lipinski definition) is 3. The Morgan fingerprint density at radius 3 is 2.80 bits per heavy atom. The van der Waals surface area contributed by atoms with Crippen molar-refractivity contribution in [3.05, 3.63) is 24.0 Å². The van der Waals surface area contributed by atoms with Crippen LogP contribution in [-0.4, -0.2) is 46.6 Å². The number of carbonyl (C=O) groups excluding carboxylic acids is 1. The maximum atomic E-state index is 11.8. The van der Waals surface area contributed by atoms with Gasteiger partial charge in [-0.2, -0.15) is 0 Å². The highest BCUT2D eigenvalue weighted by Gasteiger charge is 2.14. The van der Waals surface area contributed by atoms with Gasteiger partial charge < -0.3 is 9.67 Å². The van der Waals surface area contributed by atoms with Gasteiger partial charge in [0, 0.05) is 31.0 Å². The van der Waals surface area contributed by atoms with Crippen molar-refractivity contribution in [3.8, 4) is 0 Å². The van der Waals surface area contributed by atoms with Crippen LogP contribution in [0.15, 0.2) is 18.5 Å². The minimum absolute atomic E-state index is 0.0117. The quantitative estimate of drug-likeness (QED) is 0.721. The first-order valence-corrected chi connectivity index (χ1v) is 5.01. The zero-order chi connectivity index (χ0) is 11.4. The summed E-state index contributed by atoms with van der Waals surface area (Å²) >= 11 is 0. The van der Waals surface area contributed by atoms with Crippen LogP contribution in [0.1, 0.15) is 17.3 Å². The lowest BCUT2D eigenvalue weighted by molar-refractivity contribution is 0.0890. The lowest BCUT2D eigenvalue weighted by Crippen LogP contribution is -2.36. The molecule has 0 saturated carbocycles. The SMILES string of the molecule is CC(CO)N(C)CC(=O)c1ccn(C)c1. The fraction of sp³-hybridized carbons (Fsp3) is 0.545. The van der Waals surface area contributed by atoms with Crippen molar-refractivity contribution in [2.24, 2.45) is 7.05 Å². The van der Waals surface area contributed by atoms with Crippen molar-refractivity contribution < 1.29 is 9.90 Å². The summed E-state index contributed by atoms with van der Waals surface area (Å²) in [6.07, 6.45) is 3.66. The second-order valence-corrected chi connectivity index (χ2v) is 3.94. The number of aliphatic hydroxyl groups is 1. The molecule has 0 aliphatic carbocycles. The summed E-state index contributed by atoms with van der Waals surface area (Å²) < 4.78 is 1.85. The fourth-order valence-corrected chi connectivity index (χ4v) is 1.28. The van der Waals surface area contributed by atoms with Crippen LogP contribution >= 0.6 is 0 Å². The number of hydrogen-bond donors (Lipinski definition) is 1. The van der Waals surface area contributed by atoms with Gasteiger partial charge in [0.2, 0.25) is 0 Å². The number of nitrogens with zero attached hydrogens (tertiary/aromatic N) is 2. The highest BCUT2D eigenvalue weighted by molar-refractivity contribution is 5.97. The molecule has 0 fully saturated rings. The van der Waals surface area contributed by atoms with Gasteiger partial charge in [-0.3, -0.25) is 9.69 Å². The minimum atomic E-state index is 0.0117. The number of carbonyl (C=O) groups is 1. The molecule has 0 aliphatic rings. The molecule has 1 heterocycles. The number of ketones is 1. The highest BCUT2D eigenvalue weighted by atomic mass is 16.3. The van der Waals surface area contributed by atoms with Crippen molar-refractivity contribution in [2.75, 3.05) is 20.2 Å². The normalized spacial score (nSPS) is 13.1. The second-order valence-electron chi connectivity index (χ2n) is 3.94. The predicted molar refractivity (Wildman–Crippen MR) is 58.9 cm³/mol. The molecule has 4 heteroatoms. The van der Waals surface area contributed by atoms with Crippen molar-refractivity contribution in [1.29, 1.82) is 0 Å². The van der Waals surface area contributed by atoms with E-state index in [0.29, 0.717) is 6.54 Å². The minimum Gasteiger partial charge on any atom is -0.395 e. The lowest BCUT2D eigenvalue weighted by atomic mass is 10.2. The molecule has 1 rings (SSSR count). The van der Waals surface area contributed by atoms with Gasteiger partial charge in [-0.25, -0.2) is 0 Å². The molecule has 0 spiro atoms. The molecule has 1 atom stereocenters.